The van der Waals surface area contributed by atoms with Crippen LogP contribution in [0.5, 0.6) is 5.75 Å². The predicted octanol–water partition coefficient (Wildman–Crippen LogP) is 5.42. The number of hydrogen-bond donors (Lipinski definition) is 0. The van der Waals surface area contributed by atoms with Crippen molar-refractivity contribution < 1.29 is 13.9 Å². The summed E-state index contributed by atoms with van der Waals surface area (Å²) in [4.78, 5) is 11.9. The van der Waals surface area contributed by atoms with E-state index < -0.39 is 5.97 Å². The number of aryl methyl sites for hydroxylation is 1. The quantitative estimate of drug-likeness (QED) is 0.362. The van der Waals surface area contributed by atoms with Gasteiger partial charge in [-0.1, -0.05) is 54.1 Å². The summed E-state index contributed by atoms with van der Waals surface area (Å²) >= 11 is 0. The molecule has 0 heterocycles. The van der Waals surface area contributed by atoms with E-state index in [2.05, 4.69) is 24.3 Å². The third-order valence-corrected chi connectivity index (χ3v) is 3.74. The van der Waals surface area contributed by atoms with Gasteiger partial charge in [-0.25, -0.2) is 9.18 Å². The maximum Gasteiger partial charge on any atom is 0.336 e. The van der Waals surface area contributed by atoms with Crippen LogP contribution < -0.4 is 4.74 Å². The number of benzene rings is 3. The Morgan fingerprint density at radius 1 is 0.840 bits per heavy atom. The average molecular weight is 332 g/mol. The number of hydrogen-bond acceptors (Lipinski definition) is 2. The van der Waals surface area contributed by atoms with E-state index in [0.29, 0.717) is 5.75 Å². The molecule has 0 fully saturated rings. The molecule has 0 bridgehead atoms. The van der Waals surface area contributed by atoms with Gasteiger partial charge in [-0.3, -0.25) is 0 Å². The van der Waals surface area contributed by atoms with E-state index in [1.807, 2.05) is 19.1 Å². The van der Waals surface area contributed by atoms with Crippen molar-refractivity contribution >= 4 is 12.0 Å². The second-order valence-corrected chi connectivity index (χ2v) is 5.70. The molecule has 25 heavy (non-hydrogen) atoms. The Morgan fingerprint density at radius 3 is 2.00 bits per heavy atom. The molecule has 0 aromatic heterocycles. The molecule has 2 nitrogen and oxygen atoms in total. The molecule has 0 atom stereocenters. The lowest BCUT2D eigenvalue weighted by atomic mass is 10.0. The average Bonchev–Trinajstić information content (AvgIpc) is 2.63. The summed E-state index contributed by atoms with van der Waals surface area (Å²) in [5.41, 5.74) is 4.11. The van der Waals surface area contributed by atoms with Crippen molar-refractivity contribution in [2.75, 3.05) is 0 Å². The van der Waals surface area contributed by atoms with Crippen LogP contribution >= 0.6 is 0 Å². The zero-order valence-electron chi connectivity index (χ0n) is 13.8. The first-order valence-electron chi connectivity index (χ1n) is 7.93. The summed E-state index contributed by atoms with van der Waals surface area (Å²) < 4.78 is 18.1. The van der Waals surface area contributed by atoms with Crippen LogP contribution in [0.25, 0.3) is 17.2 Å². The molecule has 0 saturated carbocycles. The molecule has 0 aliphatic rings. The summed E-state index contributed by atoms with van der Waals surface area (Å²) in [6, 6.07) is 21.5. The first-order chi connectivity index (χ1) is 12.1. The monoisotopic (exact) mass is 332 g/mol. The summed E-state index contributed by atoms with van der Waals surface area (Å²) in [6.07, 6.45) is 2.91. The molecule has 0 unspecified atom stereocenters. The number of ether oxygens (including phenoxy) is 1. The molecule has 0 N–H and O–H groups in total. The van der Waals surface area contributed by atoms with Gasteiger partial charge in [0.15, 0.2) is 0 Å². The van der Waals surface area contributed by atoms with Gasteiger partial charge in [-0.2, -0.15) is 0 Å². The highest BCUT2D eigenvalue weighted by atomic mass is 19.1. The highest BCUT2D eigenvalue weighted by Gasteiger charge is 2.02. The highest BCUT2D eigenvalue weighted by molar-refractivity contribution is 5.88. The van der Waals surface area contributed by atoms with Crippen molar-refractivity contribution in [2.24, 2.45) is 0 Å². The molecule has 3 aromatic carbocycles. The largest absolute Gasteiger partial charge is 0.423 e. The van der Waals surface area contributed by atoms with Crippen molar-refractivity contribution in [1.29, 1.82) is 0 Å². The molecule has 0 aliphatic carbocycles. The molecule has 0 spiro atoms. The minimum atomic E-state index is -0.479. The van der Waals surface area contributed by atoms with E-state index in [9.17, 15) is 9.18 Å². The minimum absolute atomic E-state index is 0.312. The van der Waals surface area contributed by atoms with E-state index in [-0.39, 0.29) is 5.82 Å². The van der Waals surface area contributed by atoms with Crippen molar-refractivity contribution in [3.63, 3.8) is 0 Å². The second kappa shape index (κ2) is 7.58. The SMILES string of the molecule is Cc1ccc(-c2ccc(OC(=O)/C=C/c3ccc(F)cc3)cc2)cc1. The van der Waals surface area contributed by atoms with Gasteiger partial charge in [0.05, 0.1) is 0 Å². The van der Waals surface area contributed by atoms with Gasteiger partial charge in [0.2, 0.25) is 0 Å². The Bertz CT molecular complexity index is 877. The van der Waals surface area contributed by atoms with Crippen LogP contribution in [0.3, 0.4) is 0 Å². The van der Waals surface area contributed by atoms with Crippen LogP contribution in [0.4, 0.5) is 4.39 Å². The van der Waals surface area contributed by atoms with Gasteiger partial charge >= 0.3 is 5.97 Å². The Balaban J connectivity index is 1.63. The molecule has 0 amide bonds. The summed E-state index contributed by atoms with van der Waals surface area (Å²) in [6.45, 7) is 2.05. The molecule has 0 saturated heterocycles. The van der Waals surface area contributed by atoms with Gasteiger partial charge in [0.25, 0.3) is 0 Å². The zero-order chi connectivity index (χ0) is 17.6. The van der Waals surface area contributed by atoms with Gasteiger partial charge in [0, 0.05) is 6.08 Å². The molecule has 3 rings (SSSR count). The third-order valence-electron chi connectivity index (χ3n) is 3.74. The van der Waals surface area contributed by atoms with E-state index in [4.69, 9.17) is 4.74 Å². The van der Waals surface area contributed by atoms with Gasteiger partial charge in [-0.15, -0.1) is 0 Å². The first-order valence-corrected chi connectivity index (χ1v) is 7.93. The van der Waals surface area contributed by atoms with Gasteiger partial charge in [0.1, 0.15) is 11.6 Å². The van der Waals surface area contributed by atoms with Crippen LogP contribution in [0, 0.1) is 12.7 Å². The van der Waals surface area contributed by atoms with Crippen molar-refractivity contribution in [2.45, 2.75) is 6.92 Å². The molecular formula is C22H17FO2. The number of rotatable bonds is 4. The summed E-state index contributed by atoms with van der Waals surface area (Å²) in [5.74, 6) is -0.314. The van der Waals surface area contributed by atoms with Crippen LogP contribution in [0.1, 0.15) is 11.1 Å². The first kappa shape index (κ1) is 16.7. The Hall–Kier alpha value is -3.20. The fraction of sp³-hybridized carbons (Fsp3) is 0.0455. The van der Waals surface area contributed by atoms with Crippen LogP contribution in [0.2, 0.25) is 0 Å². The number of halogens is 1. The smallest absolute Gasteiger partial charge is 0.336 e. The number of esters is 1. The van der Waals surface area contributed by atoms with E-state index in [1.165, 1.54) is 23.8 Å². The minimum Gasteiger partial charge on any atom is -0.423 e. The fourth-order valence-corrected chi connectivity index (χ4v) is 2.35. The maximum absolute atomic E-state index is 12.8. The Kier molecular flexibility index (Phi) is 5.05. The molecule has 3 heteroatoms. The summed E-state index contributed by atoms with van der Waals surface area (Å²) in [5, 5.41) is 0. The second-order valence-electron chi connectivity index (χ2n) is 5.70. The van der Waals surface area contributed by atoms with E-state index in [0.717, 1.165) is 16.7 Å². The van der Waals surface area contributed by atoms with E-state index in [1.54, 1.807) is 30.3 Å². The zero-order valence-corrected chi connectivity index (χ0v) is 13.8. The third kappa shape index (κ3) is 4.64. The van der Waals surface area contributed by atoms with Crippen molar-refractivity contribution in [1.82, 2.24) is 0 Å². The standard InChI is InChI=1S/C22H17FO2/c1-16-2-7-18(8-3-16)19-9-13-21(14-10-19)25-22(24)15-6-17-4-11-20(23)12-5-17/h2-15H,1H3/b15-6+. The summed E-state index contributed by atoms with van der Waals surface area (Å²) in [7, 11) is 0. The predicted molar refractivity (Wildman–Crippen MR) is 97.7 cm³/mol. The van der Waals surface area contributed by atoms with Crippen LogP contribution in [-0.2, 0) is 4.79 Å². The van der Waals surface area contributed by atoms with Gasteiger partial charge < -0.3 is 4.74 Å². The molecule has 0 aliphatic heterocycles. The fourth-order valence-electron chi connectivity index (χ4n) is 2.35. The molecule has 3 aromatic rings. The lowest BCUT2D eigenvalue weighted by molar-refractivity contribution is -0.128. The molecule has 124 valence electrons. The maximum atomic E-state index is 12.8. The lowest BCUT2D eigenvalue weighted by Gasteiger charge is -2.05. The van der Waals surface area contributed by atoms with Crippen LogP contribution in [-0.4, -0.2) is 5.97 Å². The normalized spacial score (nSPS) is 10.8. The van der Waals surface area contributed by atoms with Crippen molar-refractivity contribution in [3.8, 4) is 16.9 Å². The highest BCUT2D eigenvalue weighted by Crippen LogP contribution is 2.23. The molecule has 0 radical (unpaired) electrons. The number of carbonyl (C=O) groups excluding carboxylic acids is 1. The Morgan fingerprint density at radius 2 is 1.40 bits per heavy atom. The van der Waals surface area contributed by atoms with Gasteiger partial charge in [-0.05, 0) is 54.0 Å². The Labute approximate surface area is 146 Å². The number of carbonyl (C=O) groups is 1. The lowest BCUT2D eigenvalue weighted by Crippen LogP contribution is -2.03. The topological polar surface area (TPSA) is 26.3 Å². The van der Waals surface area contributed by atoms with Crippen molar-refractivity contribution in [3.05, 3.63) is 95.8 Å². The molecular weight excluding hydrogens is 315 g/mol. The van der Waals surface area contributed by atoms with E-state index >= 15 is 0 Å². The van der Waals surface area contributed by atoms with Crippen LogP contribution in [0.15, 0.2) is 78.9 Å².